The number of hydrogen-bond donors (Lipinski definition) is 1. The van der Waals surface area contributed by atoms with Crippen LogP contribution in [0.2, 0.25) is 0 Å². The van der Waals surface area contributed by atoms with Crippen LogP contribution in [-0.2, 0) is 0 Å². The molecule has 1 aromatic carbocycles. The molecule has 1 aliphatic rings. The van der Waals surface area contributed by atoms with Gasteiger partial charge in [-0.15, -0.1) is 0 Å². The molecule has 1 N–H and O–H groups in total. The van der Waals surface area contributed by atoms with E-state index in [2.05, 4.69) is 17.1 Å². The molecule has 3 heteroatoms. The summed E-state index contributed by atoms with van der Waals surface area (Å²) in [6.45, 7) is 7.65. The smallest absolute Gasteiger partial charge is 0.126 e. The first-order valence-corrected chi connectivity index (χ1v) is 7.76. The van der Waals surface area contributed by atoms with Crippen molar-refractivity contribution in [3.05, 3.63) is 35.1 Å². The van der Waals surface area contributed by atoms with E-state index in [0.29, 0.717) is 5.56 Å². The number of piperidine rings is 1. The van der Waals surface area contributed by atoms with Crippen LogP contribution in [0.15, 0.2) is 18.2 Å². The monoisotopic (exact) mass is 278 g/mol. The summed E-state index contributed by atoms with van der Waals surface area (Å²) < 4.78 is 13.7. The van der Waals surface area contributed by atoms with Gasteiger partial charge in [-0.2, -0.15) is 0 Å². The maximum absolute atomic E-state index is 13.7. The van der Waals surface area contributed by atoms with Crippen molar-refractivity contribution in [1.82, 2.24) is 10.2 Å². The third-order valence-electron chi connectivity index (χ3n) is 4.56. The molecule has 0 radical (unpaired) electrons. The maximum atomic E-state index is 13.7. The zero-order valence-electron chi connectivity index (χ0n) is 13.0. The summed E-state index contributed by atoms with van der Waals surface area (Å²) in [5.41, 5.74) is 1.77. The molecule has 0 aliphatic carbocycles. The Hall–Kier alpha value is -0.930. The summed E-state index contributed by atoms with van der Waals surface area (Å²) in [7, 11) is 1.96. The molecule has 2 nitrogen and oxygen atoms in total. The lowest BCUT2D eigenvalue weighted by molar-refractivity contribution is 0.185. The van der Waals surface area contributed by atoms with E-state index >= 15 is 0 Å². The number of halogens is 1. The first-order chi connectivity index (χ1) is 9.60. The van der Waals surface area contributed by atoms with Gasteiger partial charge in [-0.05, 0) is 76.0 Å². The Morgan fingerprint density at radius 1 is 1.35 bits per heavy atom. The Bertz CT molecular complexity index is 425. The van der Waals surface area contributed by atoms with Crippen LogP contribution in [0.25, 0.3) is 0 Å². The zero-order valence-corrected chi connectivity index (χ0v) is 13.0. The van der Waals surface area contributed by atoms with E-state index in [1.807, 2.05) is 26.1 Å². The first kappa shape index (κ1) is 15.5. The van der Waals surface area contributed by atoms with Crippen molar-refractivity contribution in [1.29, 1.82) is 0 Å². The Balaban J connectivity index is 1.90. The van der Waals surface area contributed by atoms with Gasteiger partial charge in [0, 0.05) is 6.04 Å². The summed E-state index contributed by atoms with van der Waals surface area (Å²) in [5, 5.41) is 3.32. The highest BCUT2D eigenvalue weighted by Gasteiger charge is 2.17. The van der Waals surface area contributed by atoms with Crippen molar-refractivity contribution in [2.24, 2.45) is 5.92 Å². The van der Waals surface area contributed by atoms with E-state index in [9.17, 15) is 4.39 Å². The van der Waals surface area contributed by atoms with Crippen LogP contribution in [0.1, 0.15) is 43.4 Å². The quantitative estimate of drug-likeness (QED) is 0.886. The van der Waals surface area contributed by atoms with E-state index in [-0.39, 0.29) is 11.9 Å². The van der Waals surface area contributed by atoms with E-state index in [1.54, 1.807) is 6.07 Å². The van der Waals surface area contributed by atoms with Gasteiger partial charge in [-0.25, -0.2) is 4.39 Å². The molecule has 1 fully saturated rings. The van der Waals surface area contributed by atoms with Gasteiger partial charge in [0.25, 0.3) is 0 Å². The summed E-state index contributed by atoms with van der Waals surface area (Å²) >= 11 is 0. The molecule has 0 spiro atoms. The molecule has 0 bridgehead atoms. The second-order valence-corrected chi connectivity index (χ2v) is 6.16. The minimum atomic E-state index is -0.102. The third-order valence-corrected chi connectivity index (χ3v) is 4.56. The molecule has 1 aliphatic heterocycles. The van der Waals surface area contributed by atoms with Gasteiger partial charge in [0.1, 0.15) is 5.82 Å². The Labute approximate surface area is 122 Å². The fourth-order valence-electron chi connectivity index (χ4n) is 2.90. The average Bonchev–Trinajstić information content (AvgIpc) is 2.45. The topological polar surface area (TPSA) is 15.3 Å². The summed E-state index contributed by atoms with van der Waals surface area (Å²) in [6, 6.07) is 5.83. The van der Waals surface area contributed by atoms with Crippen LogP contribution in [0.4, 0.5) is 4.39 Å². The standard InChI is InChI=1S/C17H27FN2/c1-13-6-9-20(10-7-13)11-8-17(19-3)15-5-4-14(2)16(18)12-15/h4-5,12-13,17,19H,6-11H2,1-3H3. The molecule has 1 heterocycles. The molecule has 0 amide bonds. The predicted molar refractivity (Wildman–Crippen MR) is 82.4 cm³/mol. The number of benzene rings is 1. The summed E-state index contributed by atoms with van der Waals surface area (Å²) in [6.07, 6.45) is 3.65. The van der Waals surface area contributed by atoms with Crippen molar-refractivity contribution >= 4 is 0 Å². The largest absolute Gasteiger partial charge is 0.313 e. The Kier molecular flexibility index (Phi) is 5.55. The first-order valence-electron chi connectivity index (χ1n) is 7.76. The van der Waals surface area contributed by atoms with Crippen molar-refractivity contribution < 1.29 is 4.39 Å². The lowest BCUT2D eigenvalue weighted by Gasteiger charge is -2.31. The summed E-state index contributed by atoms with van der Waals surface area (Å²) in [4.78, 5) is 2.54. The lowest BCUT2D eigenvalue weighted by atomic mass is 9.98. The number of hydrogen-bond acceptors (Lipinski definition) is 2. The predicted octanol–water partition coefficient (Wildman–Crippen LogP) is 3.52. The van der Waals surface area contributed by atoms with Crippen molar-refractivity contribution in [3.8, 4) is 0 Å². The molecular weight excluding hydrogens is 251 g/mol. The Morgan fingerprint density at radius 2 is 2.05 bits per heavy atom. The highest BCUT2D eigenvalue weighted by molar-refractivity contribution is 5.25. The number of aryl methyl sites for hydroxylation is 1. The van der Waals surface area contributed by atoms with Gasteiger partial charge in [-0.3, -0.25) is 0 Å². The Morgan fingerprint density at radius 3 is 2.65 bits per heavy atom. The second-order valence-electron chi connectivity index (χ2n) is 6.16. The van der Waals surface area contributed by atoms with Crippen molar-refractivity contribution in [2.75, 3.05) is 26.7 Å². The van der Waals surface area contributed by atoms with Gasteiger partial charge in [-0.1, -0.05) is 19.1 Å². The number of likely N-dealkylation sites (tertiary alicyclic amines) is 1. The fourth-order valence-corrected chi connectivity index (χ4v) is 2.90. The minimum Gasteiger partial charge on any atom is -0.313 e. The molecule has 0 aromatic heterocycles. The summed E-state index contributed by atoms with van der Waals surface area (Å²) in [5.74, 6) is 0.770. The van der Waals surface area contributed by atoms with Crippen molar-refractivity contribution in [2.45, 2.75) is 39.2 Å². The van der Waals surface area contributed by atoms with Crippen LogP contribution in [0.5, 0.6) is 0 Å². The zero-order chi connectivity index (χ0) is 14.5. The van der Waals surface area contributed by atoms with Crippen LogP contribution in [-0.4, -0.2) is 31.6 Å². The molecule has 1 atom stereocenters. The molecule has 0 saturated carbocycles. The van der Waals surface area contributed by atoms with Crippen LogP contribution >= 0.6 is 0 Å². The fraction of sp³-hybridized carbons (Fsp3) is 0.647. The van der Waals surface area contributed by atoms with E-state index in [1.165, 1.54) is 25.9 Å². The molecular formula is C17H27FN2. The SMILES string of the molecule is CNC(CCN1CCC(C)CC1)c1ccc(C)c(F)c1. The average molecular weight is 278 g/mol. The molecule has 20 heavy (non-hydrogen) atoms. The molecule has 1 aromatic rings. The van der Waals surface area contributed by atoms with Gasteiger partial charge < -0.3 is 10.2 Å². The highest BCUT2D eigenvalue weighted by Crippen LogP contribution is 2.21. The van der Waals surface area contributed by atoms with E-state index in [4.69, 9.17) is 0 Å². The van der Waals surface area contributed by atoms with Gasteiger partial charge in [0.15, 0.2) is 0 Å². The maximum Gasteiger partial charge on any atom is 0.126 e. The van der Waals surface area contributed by atoms with Gasteiger partial charge in [0.05, 0.1) is 0 Å². The van der Waals surface area contributed by atoms with Crippen LogP contribution < -0.4 is 5.32 Å². The van der Waals surface area contributed by atoms with Gasteiger partial charge in [0.2, 0.25) is 0 Å². The molecule has 2 rings (SSSR count). The lowest BCUT2D eigenvalue weighted by Crippen LogP contribution is -2.35. The normalized spacial score (nSPS) is 19.2. The van der Waals surface area contributed by atoms with E-state index < -0.39 is 0 Å². The highest BCUT2D eigenvalue weighted by atomic mass is 19.1. The molecule has 112 valence electrons. The third kappa shape index (κ3) is 4.03. The molecule has 1 saturated heterocycles. The molecule has 1 unspecified atom stereocenters. The van der Waals surface area contributed by atoms with E-state index in [0.717, 1.165) is 24.4 Å². The van der Waals surface area contributed by atoms with Crippen molar-refractivity contribution in [3.63, 3.8) is 0 Å². The minimum absolute atomic E-state index is 0.102. The van der Waals surface area contributed by atoms with Crippen LogP contribution in [0, 0.1) is 18.7 Å². The van der Waals surface area contributed by atoms with Crippen LogP contribution in [0.3, 0.4) is 0 Å². The number of rotatable bonds is 5. The number of nitrogens with zero attached hydrogens (tertiary/aromatic N) is 1. The second kappa shape index (κ2) is 7.19. The number of nitrogens with one attached hydrogen (secondary N) is 1. The van der Waals surface area contributed by atoms with Gasteiger partial charge >= 0.3 is 0 Å².